The van der Waals surface area contributed by atoms with E-state index in [4.69, 9.17) is 0 Å². The molecule has 0 bridgehead atoms. The van der Waals surface area contributed by atoms with Crippen molar-refractivity contribution >= 4 is 0 Å². The van der Waals surface area contributed by atoms with Crippen LogP contribution in [0.4, 0.5) is 0 Å². The fraction of sp³-hybridized carbons (Fsp3) is 0.0732. The first-order chi connectivity index (χ1) is 22.0. The molecule has 4 nitrogen and oxygen atoms in total. The van der Waals surface area contributed by atoms with Gasteiger partial charge in [-0.1, -0.05) is 98.8 Å². The van der Waals surface area contributed by atoms with Gasteiger partial charge in [0.25, 0.3) is 0 Å². The van der Waals surface area contributed by atoms with Crippen molar-refractivity contribution in [3.05, 3.63) is 158 Å². The first-order valence-corrected chi connectivity index (χ1v) is 15.2. The molecular formula is C41H30N4. The normalized spacial score (nSPS) is 12.8. The number of hydrogen-bond acceptors (Lipinski definition) is 4. The zero-order valence-electron chi connectivity index (χ0n) is 25.1. The Morgan fingerprint density at radius 3 is 1.49 bits per heavy atom. The van der Waals surface area contributed by atoms with E-state index in [1.54, 1.807) is 25.0 Å². The highest BCUT2D eigenvalue weighted by Crippen LogP contribution is 2.49. The minimum Gasteiger partial charge on any atom is -0.245 e. The molecule has 45 heavy (non-hydrogen) atoms. The van der Waals surface area contributed by atoms with Crippen molar-refractivity contribution in [2.24, 2.45) is 0 Å². The van der Waals surface area contributed by atoms with Crippen LogP contribution in [-0.2, 0) is 5.41 Å². The van der Waals surface area contributed by atoms with E-state index in [9.17, 15) is 0 Å². The SMILES string of the molecule is CC1(C)c2ccccc2-c2cc(-c3ccc(-c4cc(-c5ccc(-c6ccncn6)cc5)cc(-c5ccncn5)c4)cc3)ccc21. The summed E-state index contributed by atoms with van der Waals surface area (Å²) in [7, 11) is 0. The third kappa shape index (κ3) is 4.81. The zero-order valence-corrected chi connectivity index (χ0v) is 25.1. The highest BCUT2D eigenvalue weighted by molar-refractivity contribution is 5.85. The summed E-state index contributed by atoms with van der Waals surface area (Å²) in [6.07, 6.45) is 6.73. The molecule has 0 atom stereocenters. The lowest BCUT2D eigenvalue weighted by molar-refractivity contribution is 0.660. The maximum Gasteiger partial charge on any atom is 0.116 e. The van der Waals surface area contributed by atoms with Crippen LogP contribution in [-0.4, -0.2) is 19.9 Å². The minimum absolute atomic E-state index is 0.0109. The summed E-state index contributed by atoms with van der Waals surface area (Å²) in [6.45, 7) is 4.64. The van der Waals surface area contributed by atoms with Crippen LogP contribution >= 0.6 is 0 Å². The van der Waals surface area contributed by atoms with Crippen LogP contribution in [0.15, 0.2) is 146 Å². The first kappa shape index (κ1) is 26.9. The van der Waals surface area contributed by atoms with Crippen LogP contribution in [0.1, 0.15) is 25.0 Å². The third-order valence-corrected chi connectivity index (χ3v) is 9.04. The van der Waals surface area contributed by atoms with Gasteiger partial charge in [-0.3, -0.25) is 0 Å². The Hall–Kier alpha value is -5.74. The van der Waals surface area contributed by atoms with E-state index in [-0.39, 0.29) is 5.41 Å². The summed E-state index contributed by atoms with van der Waals surface area (Å²) in [6, 6.07) is 43.7. The Balaban J connectivity index is 1.16. The lowest BCUT2D eigenvalue weighted by Crippen LogP contribution is -2.14. The highest BCUT2D eigenvalue weighted by atomic mass is 14.8. The van der Waals surface area contributed by atoms with Gasteiger partial charge in [-0.2, -0.15) is 0 Å². The van der Waals surface area contributed by atoms with Crippen LogP contribution < -0.4 is 0 Å². The summed E-state index contributed by atoms with van der Waals surface area (Å²) in [5, 5.41) is 0. The second-order valence-corrected chi connectivity index (χ2v) is 12.1. The molecule has 4 heteroatoms. The molecule has 0 saturated carbocycles. The van der Waals surface area contributed by atoms with Crippen molar-refractivity contribution in [1.82, 2.24) is 19.9 Å². The first-order valence-electron chi connectivity index (χ1n) is 15.2. The summed E-state index contributed by atoms with van der Waals surface area (Å²) in [5.41, 5.74) is 16.4. The molecule has 2 aromatic heterocycles. The number of hydrogen-bond donors (Lipinski definition) is 0. The van der Waals surface area contributed by atoms with E-state index in [2.05, 4.69) is 143 Å². The zero-order chi connectivity index (χ0) is 30.4. The Morgan fingerprint density at radius 1 is 0.400 bits per heavy atom. The third-order valence-electron chi connectivity index (χ3n) is 9.04. The van der Waals surface area contributed by atoms with Gasteiger partial charge in [-0.05, 0) is 92.0 Å². The molecule has 7 aromatic rings. The Kier molecular flexibility index (Phi) is 6.42. The maximum atomic E-state index is 4.56. The lowest BCUT2D eigenvalue weighted by Gasteiger charge is -2.21. The number of fused-ring (bicyclic) bond motifs is 3. The average Bonchev–Trinajstić information content (AvgIpc) is 3.34. The second-order valence-electron chi connectivity index (χ2n) is 12.1. The van der Waals surface area contributed by atoms with Gasteiger partial charge in [0.05, 0.1) is 11.4 Å². The summed E-state index contributed by atoms with van der Waals surface area (Å²) in [4.78, 5) is 17.1. The smallest absolute Gasteiger partial charge is 0.116 e. The van der Waals surface area contributed by atoms with Crippen LogP contribution in [0, 0.1) is 0 Å². The van der Waals surface area contributed by atoms with Crippen LogP contribution in [0.3, 0.4) is 0 Å². The molecule has 0 saturated heterocycles. The van der Waals surface area contributed by atoms with E-state index < -0.39 is 0 Å². The van der Waals surface area contributed by atoms with Crippen molar-refractivity contribution in [1.29, 1.82) is 0 Å². The molecule has 0 N–H and O–H groups in total. The van der Waals surface area contributed by atoms with E-state index >= 15 is 0 Å². The molecule has 1 aliphatic rings. The Morgan fingerprint density at radius 2 is 0.889 bits per heavy atom. The van der Waals surface area contributed by atoms with Gasteiger partial charge in [0.2, 0.25) is 0 Å². The topological polar surface area (TPSA) is 51.6 Å². The molecule has 0 aliphatic heterocycles. The van der Waals surface area contributed by atoms with Gasteiger partial charge >= 0.3 is 0 Å². The van der Waals surface area contributed by atoms with Crippen LogP contribution in [0.25, 0.3) is 67.0 Å². The molecule has 0 amide bonds. The second kappa shape index (κ2) is 10.8. The molecule has 0 fully saturated rings. The standard InChI is InChI=1S/C41H30N4/c1-41(2)37-6-4-3-5-35(37)36-24-31(15-16-38(36)41)27-7-9-28(10-8-27)32-21-33(23-34(22-32)40-18-20-43-26-45-40)29-11-13-30(14-12-29)39-17-19-42-25-44-39/h3-26H,1-2H3. The molecule has 2 heterocycles. The van der Waals surface area contributed by atoms with Gasteiger partial charge in [-0.15, -0.1) is 0 Å². The monoisotopic (exact) mass is 578 g/mol. The summed E-state index contributed by atoms with van der Waals surface area (Å²) in [5.74, 6) is 0. The maximum absolute atomic E-state index is 4.56. The van der Waals surface area contributed by atoms with Gasteiger partial charge in [0, 0.05) is 28.9 Å². The Bertz CT molecular complexity index is 2150. The predicted molar refractivity (Wildman–Crippen MR) is 182 cm³/mol. The largest absolute Gasteiger partial charge is 0.245 e. The van der Waals surface area contributed by atoms with E-state index in [1.807, 2.05) is 12.1 Å². The molecule has 214 valence electrons. The van der Waals surface area contributed by atoms with Crippen molar-refractivity contribution in [2.75, 3.05) is 0 Å². The predicted octanol–water partition coefficient (Wildman–Crippen LogP) is 9.91. The number of aromatic nitrogens is 4. The van der Waals surface area contributed by atoms with Crippen LogP contribution in [0.2, 0.25) is 0 Å². The molecule has 0 radical (unpaired) electrons. The minimum atomic E-state index is 0.0109. The number of nitrogens with zero attached hydrogens (tertiary/aromatic N) is 4. The summed E-state index contributed by atoms with van der Waals surface area (Å²) >= 11 is 0. The fourth-order valence-corrected chi connectivity index (χ4v) is 6.62. The lowest BCUT2D eigenvalue weighted by atomic mass is 9.82. The van der Waals surface area contributed by atoms with E-state index in [1.165, 1.54) is 33.4 Å². The Labute approximate surface area is 263 Å². The van der Waals surface area contributed by atoms with E-state index in [0.717, 1.165) is 44.8 Å². The van der Waals surface area contributed by atoms with Gasteiger partial charge in [-0.25, -0.2) is 19.9 Å². The van der Waals surface area contributed by atoms with Crippen molar-refractivity contribution in [3.8, 4) is 67.0 Å². The highest BCUT2D eigenvalue weighted by Gasteiger charge is 2.35. The number of rotatable bonds is 5. The quantitative estimate of drug-likeness (QED) is 0.204. The van der Waals surface area contributed by atoms with E-state index in [0.29, 0.717) is 0 Å². The van der Waals surface area contributed by atoms with Crippen LogP contribution in [0.5, 0.6) is 0 Å². The van der Waals surface area contributed by atoms with Gasteiger partial charge < -0.3 is 0 Å². The van der Waals surface area contributed by atoms with Crippen molar-refractivity contribution < 1.29 is 0 Å². The number of benzene rings is 5. The molecular weight excluding hydrogens is 548 g/mol. The van der Waals surface area contributed by atoms with Crippen molar-refractivity contribution in [2.45, 2.75) is 19.3 Å². The van der Waals surface area contributed by atoms with Gasteiger partial charge in [0.1, 0.15) is 12.7 Å². The molecule has 0 unspecified atom stereocenters. The van der Waals surface area contributed by atoms with Gasteiger partial charge in [0.15, 0.2) is 0 Å². The average molecular weight is 579 g/mol. The summed E-state index contributed by atoms with van der Waals surface area (Å²) < 4.78 is 0. The molecule has 5 aromatic carbocycles. The molecule has 1 aliphatic carbocycles. The fourth-order valence-electron chi connectivity index (χ4n) is 6.62. The molecule has 8 rings (SSSR count). The van der Waals surface area contributed by atoms with Crippen molar-refractivity contribution in [3.63, 3.8) is 0 Å². The molecule has 0 spiro atoms.